The van der Waals surface area contributed by atoms with Crippen molar-refractivity contribution in [1.82, 2.24) is 0 Å². The summed E-state index contributed by atoms with van der Waals surface area (Å²) in [5.41, 5.74) is 3.34. The van der Waals surface area contributed by atoms with Crippen LogP contribution in [0.15, 0.2) is 23.8 Å². The summed E-state index contributed by atoms with van der Waals surface area (Å²) >= 11 is 0. The lowest BCUT2D eigenvalue weighted by atomic mass is 9.73. The molecule has 0 amide bonds. The molecule has 0 aromatic carbocycles. The molecule has 0 saturated carbocycles. The second kappa shape index (κ2) is 3.69. The Bertz CT molecular complexity index is 230. The molecule has 0 aliphatic heterocycles. The third-order valence-electron chi connectivity index (χ3n) is 3.61. The molecule has 0 spiro atoms. The van der Waals surface area contributed by atoms with Crippen molar-refractivity contribution in [3.63, 3.8) is 0 Å². The molecule has 0 saturated heterocycles. The summed E-state index contributed by atoms with van der Waals surface area (Å²) in [6, 6.07) is 0. The zero-order valence-corrected chi connectivity index (χ0v) is 9.48. The van der Waals surface area contributed by atoms with Crippen molar-refractivity contribution in [1.29, 1.82) is 0 Å². The van der Waals surface area contributed by atoms with Gasteiger partial charge in [0.15, 0.2) is 0 Å². The highest BCUT2D eigenvalue weighted by atomic mass is 14.4. The van der Waals surface area contributed by atoms with E-state index in [1.165, 1.54) is 30.4 Å². The lowest BCUT2D eigenvalue weighted by Crippen LogP contribution is -2.21. The van der Waals surface area contributed by atoms with Crippen molar-refractivity contribution in [2.45, 2.75) is 47.0 Å². The third-order valence-corrected chi connectivity index (χ3v) is 3.61. The van der Waals surface area contributed by atoms with Gasteiger partial charge in [-0.15, -0.1) is 0 Å². The minimum Gasteiger partial charge on any atom is -0.0995 e. The van der Waals surface area contributed by atoms with Gasteiger partial charge in [0.1, 0.15) is 0 Å². The van der Waals surface area contributed by atoms with Gasteiger partial charge in [0, 0.05) is 0 Å². The quantitative estimate of drug-likeness (QED) is 0.564. The average Bonchev–Trinajstić information content (AvgIpc) is 2.28. The van der Waals surface area contributed by atoms with Gasteiger partial charge in [-0.1, -0.05) is 51.0 Å². The monoisotopic (exact) mass is 178 g/mol. The predicted octanol–water partition coefficient (Wildman–Crippen LogP) is 4.34. The van der Waals surface area contributed by atoms with Crippen LogP contribution in [0.5, 0.6) is 0 Å². The Hall–Kier alpha value is -0.520. The van der Waals surface area contributed by atoms with E-state index in [1.54, 1.807) is 0 Å². The van der Waals surface area contributed by atoms with E-state index in [-0.39, 0.29) is 0 Å². The standard InChI is InChI=1S/C13H22/c1-6-7-10(2)12-9-8-11(3)13(12,4)5/h8,12H,2,6-7,9H2,1,3-5H3. The van der Waals surface area contributed by atoms with E-state index in [0.29, 0.717) is 11.3 Å². The maximum absolute atomic E-state index is 4.22. The fourth-order valence-corrected chi connectivity index (χ4v) is 2.30. The first-order valence-corrected chi connectivity index (χ1v) is 5.35. The molecule has 0 aromatic rings. The summed E-state index contributed by atoms with van der Waals surface area (Å²) in [6.07, 6.45) is 6.00. The van der Waals surface area contributed by atoms with Gasteiger partial charge in [-0.2, -0.15) is 0 Å². The van der Waals surface area contributed by atoms with E-state index >= 15 is 0 Å². The van der Waals surface area contributed by atoms with Crippen molar-refractivity contribution < 1.29 is 0 Å². The molecule has 0 aromatic heterocycles. The molecule has 1 atom stereocenters. The number of hydrogen-bond acceptors (Lipinski definition) is 0. The summed E-state index contributed by atoms with van der Waals surface area (Å²) in [7, 11) is 0. The van der Waals surface area contributed by atoms with Crippen LogP contribution in [-0.4, -0.2) is 0 Å². The Balaban J connectivity index is 2.70. The molecule has 1 aliphatic carbocycles. The smallest absolute Gasteiger partial charge is 0.00792 e. The van der Waals surface area contributed by atoms with Crippen LogP contribution in [0.25, 0.3) is 0 Å². The second-order valence-corrected chi connectivity index (χ2v) is 4.81. The van der Waals surface area contributed by atoms with Gasteiger partial charge >= 0.3 is 0 Å². The molecule has 13 heavy (non-hydrogen) atoms. The van der Waals surface area contributed by atoms with E-state index in [4.69, 9.17) is 0 Å². The van der Waals surface area contributed by atoms with Gasteiger partial charge in [-0.3, -0.25) is 0 Å². The Morgan fingerprint density at radius 3 is 2.62 bits per heavy atom. The fourth-order valence-electron chi connectivity index (χ4n) is 2.30. The Labute approximate surface area is 82.7 Å². The number of rotatable bonds is 3. The van der Waals surface area contributed by atoms with E-state index in [0.717, 1.165) is 0 Å². The van der Waals surface area contributed by atoms with E-state index < -0.39 is 0 Å². The molecular weight excluding hydrogens is 156 g/mol. The van der Waals surface area contributed by atoms with Crippen LogP contribution in [0.4, 0.5) is 0 Å². The summed E-state index contributed by atoms with van der Waals surface area (Å²) in [4.78, 5) is 0. The number of hydrogen-bond donors (Lipinski definition) is 0. The molecule has 0 bridgehead atoms. The fraction of sp³-hybridized carbons (Fsp3) is 0.692. The van der Waals surface area contributed by atoms with Crippen molar-refractivity contribution in [3.05, 3.63) is 23.8 Å². The molecule has 0 radical (unpaired) electrons. The maximum Gasteiger partial charge on any atom is -0.00792 e. The normalized spacial score (nSPS) is 25.8. The van der Waals surface area contributed by atoms with Gasteiger partial charge < -0.3 is 0 Å². The lowest BCUT2D eigenvalue weighted by Gasteiger charge is -2.31. The highest BCUT2D eigenvalue weighted by Gasteiger charge is 2.35. The van der Waals surface area contributed by atoms with E-state index in [1.807, 2.05) is 0 Å². The molecule has 0 N–H and O–H groups in total. The molecule has 0 fully saturated rings. The zero-order valence-electron chi connectivity index (χ0n) is 9.48. The molecule has 1 rings (SSSR count). The van der Waals surface area contributed by atoms with Crippen LogP contribution < -0.4 is 0 Å². The maximum atomic E-state index is 4.22. The minimum absolute atomic E-state index is 0.353. The number of allylic oxidation sites excluding steroid dienone is 3. The van der Waals surface area contributed by atoms with Crippen LogP contribution in [0.2, 0.25) is 0 Å². The van der Waals surface area contributed by atoms with E-state index in [9.17, 15) is 0 Å². The third kappa shape index (κ3) is 1.87. The Kier molecular flexibility index (Phi) is 3.00. The molecule has 0 heteroatoms. The average molecular weight is 178 g/mol. The predicted molar refractivity (Wildman–Crippen MR) is 59.7 cm³/mol. The first kappa shape index (κ1) is 10.6. The summed E-state index contributed by atoms with van der Waals surface area (Å²) in [6.45, 7) is 13.4. The second-order valence-electron chi connectivity index (χ2n) is 4.81. The molecule has 1 aliphatic rings. The summed E-state index contributed by atoms with van der Waals surface area (Å²) in [5, 5.41) is 0. The first-order valence-electron chi connectivity index (χ1n) is 5.35. The van der Waals surface area contributed by atoms with E-state index in [2.05, 4.69) is 40.3 Å². The highest BCUT2D eigenvalue weighted by molar-refractivity contribution is 5.25. The SMILES string of the molecule is C=C(CCC)C1CC=C(C)C1(C)C. The zero-order chi connectivity index (χ0) is 10.1. The molecule has 0 nitrogen and oxygen atoms in total. The highest BCUT2D eigenvalue weighted by Crippen LogP contribution is 2.46. The van der Waals surface area contributed by atoms with Crippen LogP contribution in [-0.2, 0) is 0 Å². The Morgan fingerprint density at radius 2 is 2.23 bits per heavy atom. The molecule has 1 unspecified atom stereocenters. The topological polar surface area (TPSA) is 0 Å². The summed E-state index contributed by atoms with van der Waals surface area (Å²) in [5.74, 6) is 0.687. The van der Waals surface area contributed by atoms with Crippen LogP contribution in [0.3, 0.4) is 0 Å². The van der Waals surface area contributed by atoms with Crippen LogP contribution in [0.1, 0.15) is 47.0 Å². The lowest BCUT2D eigenvalue weighted by molar-refractivity contribution is 0.329. The molecular formula is C13H22. The molecule has 74 valence electrons. The largest absolute Gasteiger partial charge is 0.0995 e. The minimum atomic E-state index is 0.353. The van der Waals surface area contributed by atoms with Crippen LogP contribution in [0, 0.1) is 11.3 Å². The van der Waals surface area contributed by atoms with Gasteiger partial charge in [0.2, 0.25) is 0 Å². The molecule has 0 heterocycles. The van der Waals surface area contributed by atoms with Gasteiger partial charge in [-0.05, 0) is 31.1 Å². The van der Waals surface area contributed by atoms with Crippen molar-refractivity contribution >= 4 is 0 Å². The van der Waals surface area contributed by atoms with Crippen LogP contribution >= 0.6 is 0 Å². The van der Waals surface area contributed by atoms with Crippen molar-refractivity contribution in [3.8, 4) is 0 Å². The van der Waals surface area contributed by atoms with Crippen molar-refractivity contribution in [2.24, 2.45) is 11.3 Å². The van der Waals surface area contributed by atoms with Gasteiger partial charge in [-0.25, -0.2) is 0 Å². The van der Waals surface area contributed by atoms with Gasteiger partial charge in [0.05, 0.1) is 0 Å². The Morgan fingerprint density at radius 1 is 1.62 bits per heavy atom. The van der Waals surface area contributed by atoms with Gasteiger partial charge in [0.25, 0.3) is 0 Å². The van der Waals surface area contributed by atoms with Crippen molar-refractivity contribution in [2.75, 3.05) is 0 Å². The summed E-state index contributed by atoms with van der Waals surface area (Å²) < 4.78 is 0. The first-order chi connectivity index (χ1) is 6.00.